The molecule has 166 valence electrons. The third kappa shape index (κ3) is 12.8. The molecule has 0 bridgehead atoms. The van der Waals surface area contributed by atoms with Crippen LogP contribution in [0, 0.1) is 0 Å². The molecule has 0 aliphatic rings. The Morgan fingerprint density at radius 3 is 1.00 bits per heavy atom. The van der Waals surface area contributed by atoms with E-state index in [0.29, 0.717) is 0 Å². The number of hydrogen-bond donors (Lipinski definition) is 6. The summed E-state index contributed by atoms with van der Waals surface area (Å²) >= 11 is 0. The molecular weight excluding hydrogens is 423 g/mol. The summed E-state index contributed by atoms with van der Waals surface area (Å²) in [6.45, 7) is 0. The van der Waals surface area contributed by atoms with Crippen molar-refractivity contribution in [3.05, 3.63) is 0 Å². The average Bonchev–Trinajstić information content (AvgIpc) is 2.34. The Bertz CT molecular complexity index is 565. The van der Waals surface area contributed by atoms with Crippen LogP contribution in [0.25, 0.3) is 0 Å². The molecule has 0 rings (SSSR count). The van der Waals surface area contributed by atoms with Gasteiger partial charge < -0.3 is 51.8 Å². The normalized spacial score (nSPS) is 13.2. The van der Waals surface area contributed by atoms with Crippen molar-refractivity contribution in [1.82, 2.24) is 0 Å². The van der Waals surface area contributed by atoms with Gasteiger partial charge in [0.15, 0.2) is 11.2 Å². The molecule has 2 atom stereocenters. The Morgan fingerprint density at radius 2 is 0.828 bits per heavy atom. The Kier molecular flexibility index (Phi) is 19.1. The van der Waals surface area contributed by atoms with Crippen molar-refractivity contribution >= 4 is 65.4 Å². The molecule has 0 aliphatic heterocycles. The molecule has 2 unspecified atom stereocenters. The maximum absolute atomic E-state index is 11.4. The second-order valence-electron chi connectivity index (χ2n) is 5.01. The van der Waals surface area contributed by atoms with Gasteiger partial charge in [0.1, 0.15) is 0 Å². The van der Waals surface area contributed by atoms with Crippen LogP contribution in [0.2, 0.25) is 0 Å². The number of carbonyl (C=O) groups excluding carboxylic acids is 2. The number of esters is 2. The predicted molar refractivity (Wildman–Crippen MR) is 88.0 cm³/mol. The van der Waals surface area contributed by atoms with Crippen molar-refractivity contribution in [2.24, 2.45) is 0 Å². The summed E-state index contributed by atoms with van der Waals surface area (Å²) < 4.78 is 3.99. The SMILES string of the molecule is O.O.O.O=C(O)CC(O)(CC(=O)OC(=O)CC(O)(CC(=O)O)C(=O)O)C(=O)O.[NaH]. The van der Waals surface area contributed by atoms with E-state index < -0.39 is 72.7 Å². The minimum absolute atomic E-state index is 0. The van der Waals surface area contributed by atoms with Crippen molar-refractivity contribution in [2.45, 2.75) is 36.9 Å². The van der Waals surface area contributed by atoms with Crippen LogP contribution in [-0.4, -0.2) is 124 Å². The van der Waals surface area contributed by atoms with E-state index in [4.69, 9.17) is 20.4 Å². The van der Waals surface area contributed by atoms with Crippen molar-refractivity contribution in [1.29, 1.82) is 0 Å². The second-order valence-corrected chi connectivity index (χ2v) is 5.01. The monoisotopic (exact) mass is 444 g/mol. The van der Waals surface area contributed by atoms with Gasteiger partial charge >= 0.3 is 65.4 Å². The molecular formula is C12H21NaO16. The van der Waals surface area contributed by atoms with E-state index >= 15 is 0 Å². The van der Waals surface area contributed by atoms with Gasteiger partial charge in [0.05, 0.1) is 25.7 Å². The molecule has 0 saturated carbocycles. The third-order valence-corrected chi connectivity index (χ3v) is 2.78. The molecule has 0 radical (unpaired) electrons. The summed E-state index contributed by atoms with van der Waals surface area (Å²) in [6, 6.07) is 0. The maximum atomic E-state index is 11.4. The molecule has 0 aromatic heterocycles. The molecule has 0 spiro atoms. The first-order chi connectivity index (χ1) is 11.2. The van der Waals surface area contributed by atoms with Gasteiger partial charge in [-0.25, -0.2) is 9.59 Å². The molecule has 0 fully saturated rings. The Hall–Kier alpha value is -2.18. The van der Waals surface area contributed by atoms with Crippen molar-refractivity contribution in [3.8, 4) is 0 Å². The summed E-state index contributed by atoms with van der Waals surface area (Å²) in [5.41, 5.74) is -6.18. The van der Waals surface area contributed by atoms with Gasteiger partial charge in [0.2, 0.25) is 0 Å². The standard InChI is InChI=1S/C12H14O13.Na.3H2O.H/c13-5(14)1-11(23,9(19)20)3-7(17)25-8(18)4-12(24,10(21)22)2-6(15)16;;;;;/h23-24H,1-4H2,(H,13,14)(H,15,16)(H,19,20)(H,21,22);;3*1H2;. The average molecular weight is 444 g/mol. The number of rotatable bonds is 10. The Balaban J connectivity index is -0.000000480. The van der Waals surface area contributed by atoms with Gasteiger partial charge in [0, 0.05) is 0 Å². The van der Waals surface area contributed by atoms with Crippen LogP contribution < -0.4 is 0 Å². The number of aliphatic carboxylic acids is 4. The van der Waals surface area contributed by atoms with Crippen molar-refractivity contribution < 1.29 is 80.6 Å². The Morgan fingerprint density at radius 1 is 0.586 bits per heavy atom. The zero-order valence-corrected chi connectivity index (χ0v) is 13.9. The quantitative estimate of drug-likeness (QED) is 0.104. The molecule has 0 heterocycles. The van der Waals surface area contributed by atoms with E-state index in [1.807, 2.05) is 0 Å². The van der Waals surface area contributed by atoms with Gasteiger partial charge in [-0.15, -0.1) is 0 Å². The van der Waals surface area contributed by atoms with E-state index in [2.05, 4.69) is 4.74 Å². The fourth-order valence-electron chi connectivity index (χ4n) is 1.60. The number of carboxylic acids is 4. The molecule has 16 nitrogen and oxygen atoms in total. The minimum atomic E-state index is -3.09. The molecule has 0 aliphatic carbocycles. The number of ether oxygens (including phenoxy) is 1. The number of aliphatic hydroxyl groups is 2. The number of carbonyl (C=O) groups is 6. The van der Waals surface area contributed by atoms with Crippen molar-refractivity contribution in [3.63, 3.8) is 0 Å². The molecule has 0 aromatic rings. The topological polar surface area (TPSA) is 328 Å². The number of carboxylic acid groups (broad SMARTS) is 4. The van der Waals surface area contributed by atoms with Crippen LogP contribution in [0.5, 0.6) is 0 Å². The zero-order chi connectivity index (χ0) is 20.0. The van der Waals surface area contributed by atoms with Crippen molar-refractivity contribution in [2.75, 3.05) is 0 Å². The summed E-state index contributed by atoms with van der Waals surface area (Å²) in [5.74, 6) is -11.2. The first kappa shape index (κ1) is 37.6. The molecule has 29 heavy (non-hydrogen) atoms. The van der Waals surface area contributed by atoms with E-state index in [9.17, 15) is 39.0 Å². The van der Waals surface area contributed by atoms with Crippen LogP contribution in [0.3, 0.4) is 0 Å². The summed E-state index contributed by atoms with van der Waals surface area (Å²) in [6.07, 6.45) is -5.73. The van der Waals surface area contributed by atoms with Gasteiger partial charge in [-0.2, -0.15) is 0 Å². The fourth-order valence-corrected chi connectivity index (χ4v) is 1.60. The Labute approximate surface area is 182 Å². The van der Waals surface area contributed by atoms with E-state index in [1.54, 1.807) is 0 Å². The van der Waals surface area contributed by atoms with Crippen LogP contribution in [0.1, 0.15) is 25.7 Å². The van der Waals surface area contributed by atoms with Crippen LogP contribution in [0.15, 0.2) is 0 Å². The van der Waals surface area contributed by atoms with E-state index in [0.717, 1.165) is 0 Å². The third-order valence-electron chi connectivity index (χ3n) is 2.78. The van der Waals surface area contributed by atoms with Gasteiger partial charge in [-0.3, -0.25) is 19.2 Å². The molecule has 0 amide bonds. The van der Waals surface area contributed by atoms with E-state index in [1.165, 1.54) is 0 Å². The van der Waals surface area contributed by atoms with Gasteiger partial charge in [0.25, 0.3) is 0 Å². The summed E-state index contributed by atoms with van der Waals surface area (Å²) in [7, 11) is 0. The predicted octanol–water partition coefficient (Wildman–Crippen LogP) is -5.71. The zero-order valence-electron chi connectivity index (χ0n) is 13.9. The van der Waals surface area contributed by atoms with Gasteiger partial charge in [-0.1, -0.05) is 0 Å². The second kappa shape index (κ2) is 14.8. The van der Waals surface area contributed by atoms with Crippen LogP contribution in [0.4, 0.5) is 0 Å². The molecule has 0 saturated heterocycles. The van der Waals surface area contributed by atoms with Crippen LogP contribution in [-0.2, 0) is 33.5 Å². The molecule has 12 N–H and O–H groups in total. The first-order valence-electron chi connectivity index (χ1n) is 6.30. The molecule has 0 aromatic carbocycles. The van der Waals surface area contributed by atoms with E-state index in [-0.39, 0.29) is 46.0 Å². The first-order valence-corrected chi connectivity index (χ1v) is 6.30. The van der Waals surface area contributed by atoms with Crippen LogP contribution >= 0.6 is 0 Å². The summed E-state index contributed by atoms with van der Waals surface area (Å²) in [4.78, 5) is 65.5. The number of hydrogen-bond acceptors (Lipinski definition) is 9. The molecule has 17 heteroatoms. The fraction of sp³-hybridized carbons (Fsp3) is 0.500. The summed E-state index contributed by atoms with van der Waals surface area (Å²) in [5, 5.41) is 53.6. The van der Waals surface area contributed by atoms with Gasteiger partial charge in [-0.05, 0) is 0 Å².